The zero-order chi connectivity index (χ0) is 16.7. The second-order valence-electron chi connectivity index (χ2n) is 7.88. The van der Waals surface area contributed by atoms with Gasteiger partial charge < -0.3 is 19.7 Å². The van der Waals surface area contributed by atoms with Crippen LogP contribution in [0.2, 0.25) is 0 Å². The molecule has 0 aromatic heterocycles. The molecule has 0 atom stereocenters. The summed E-state index contributed by atoms with van der Waals surface area (Å²) in [5, 5.41) is 13.7. The van der Waals surface area contributed by atoms with E-state index in [1.807, 2.05) is 33.8 Å². The fraction of sp³-hybridized carbons (Fsp3) is 0.667. The Morgan fingerprint density at radius 2 is 1.70 bits per heavy atom. The highest BCUT2D eigenvalue weighted by molar-refractivity contribution is 6.62. The molecule has 1 saturated heterocycles. The van der Waals surface area contributed by atoms with Gasteiger partial charge in [-0.3, -0.25) is 0 Å². The minimum absolute atomic E-state index is 0.264. The van der Waals surface area contributed by atoms with E-state index in [0.717, 1.165) is 17.6 Å². The minimum atomic E-state index is -0.433. The molecule has 2 N–H and O–H groups in total. The van der Waals surface area contributed by atoms with Crippen LogP contribution in [0.1, 0.15) is 58.9 Å². The van der Waals surface area contributed by atoms with Gasteiger partial charge in [-0.1, -0.05) is 18.9 Å². The molecule has 1 aromatic rings. The van der Waals surface area contributed by atoms with Gasteiger partial charge in [-0.25, -0.2) is 0 Å². The second-order valence-corrected chi connectivity index (χ2v) is 7.88. The summed E-state index contributed by atoms with van der Waals surface area (Å²) in [6, 6.07) is 6.24. The predicted molar refractivity (Wildman–Crippen MR) is 92.9 cm³/mol. The molecule has 126 valence electrons. The lowest BCUT2D eigenvalue weighted by molar-refractivity contribution is 0.00578. The van der Waals surface area contributed by atoms with Gasteiger partial charge in [0.25, 0.3) is 0 Å². The van der Waals surface area contributed by atoms with Crippen molar-refractivity contribution >= 4 is 12.6 Å². The van der Waals surface area contributed by atoms with Gasteiger partial charge in [0.15, 0.2) is 0 Å². The summed E-state index contributed by atoms with van der Waals surface area (Å²) in [5.41, 5.74) is 1.21. The maximum atomic E-state index is 10.1. The fourth-order valence-electron chi connectivity index (χ4n) is 3.31. The summed E-state index contributed by atoms with van der Waals surface area (Å²) < 4.78 is 12.2. The average Bonchev–Trinajstić information content (AvgIpc) is 3.03. The topological polar surface area (TPSA) is 50.7 Å². The first-order valence-corrected chi connectivity index (χ1v) is 8.69. The quantitative estimate of drug-likeness (QED) is 0.839. The van der Waals surface area contributed by atoms with E-state index in [-0.39, 0.29) is 17.0 Å². The van der Waals surface area contributed by atoms with Crippen molar-refractivity contribution in [2.24, 2.45) is 0 Å². The molecule has 0 spiro atoms. The van der Waals surface area contributed by atoms with E-state index in [4.69, 9.17) is 9.31 Å². The van der Waals surface area contributed by atoms with Crippen LogP contribution in [-0.4, -0.2) is 29.5 Å². The van der Waals surface area contributed by atoms with Crippen LogP contribution in [0.4, 0.5) is 0 Å². The van der Waals surface area contributed by atoms with E-state index in [1.54, 1.807) is 6.07 Å². The van der Waals surface area contributed by atoms with Gasteiger partial charge in [0, 0.05) is 12.6 Å². The second kappa shape index (κ2) is 6.12. The summed E-state index contributed by atoms with van der Waals surface area (Å²) in [4.78, 5) is 0. The molecule has 0 amide bonds. The van der Waals surface area contributed by atoms with E-state index in [9.17, 15) is 5.11 Å². The summed E-state index contributed by atoms with van der Waals surface area (Å²) in [5.74, 6) is 0.264. The van der Waals surface area contributed by atoms with Gasteiger partial charge in [-0.2, -0.15) is 0 Å². The van der Waals surface area contributed by atoms with Gasteiger partial charge in [-0.05, 0) is 63.7 Å². The molecule has 1 heterocycles. The molecule has 5 heteroatoms. The summed E-state index contributed by atoms with van der Waals surface area (Å²) in [6.45, 7) is 8.93. The first kappa shape index (κ1) is 16.8. The SMILES string of the molecule is CC1(C)OB(c2cc(O)cc(CNC3CCCC3)c2)OC1(C)C. The van der Waals surface area contributed by atoms with Gasteiger partial charge in [0.1, 0.15) is 5.75 Å². The van der Waals surface area contributed by atoms with Crippen LogP contribution in [0.3, 0.4) is 0 Å². The third kappa shape index (κ3) is 3.57. The Balaban J connectivity index is 1.73. The zero-order valence-electron chi connectivity index (χ0n) is 14.7. The molecule has 2 aliphatic rings. The van der Waals surface area contributed by atoms with Crippen molar-refractivity contribution in [2.75, 3.05) is 0 Å². The third-order valence-electron chi connectivity index (χ3n) is 5.48. The number of nitrogens with one attached hydrogen (secondary N) is 1. The molecule has 1 aliphatic heterocycles. The highest BCUT2D eigenvalue weighted by Crippen LogP contribution is 2.36. The maximum Gasteiger partial charge on any atom is 0.494 e. The molecule has 3 rings (SSSR count). The van der Waals surface area contributed by atoms with Gasteiger partial charge in [0.2, 0.25) is 0 Å². The number of hydrogen-bond acceptors (Lipinski definition) is 4. The lowest BCUT2D eigenvalue weighted by atomic mass is 9.78. The first-order valence-electron chi connectivity index (χ1n) is 8.69. The van der Waals surface area contributed by atoms with Gasteiger partial charge in [0.05, 0.1) is 11.2 Å². The van der Waals surface area contributed by atoms with E-state index >= 15 is 0 Å². The number of hydrogen-bond donors (Lipinski definition) is 2. The Hall–Kier alpha value is -1.04. The molecular weight excluding hydrogens is 289 g/mol. The standard InChI is InChI=1S/C18H28BNO3/c1-17(2)18(3,4)23-19(22-17)14-9-13(10-16(21)11-14)12-20-15-7-5-6-8-15/h9-11,15,20-21H,5-8,12H2,1-4H3. The van der Waals surface area contributed by atoms with E-state index < -0.39 is 7.12 Å². The number of aromatic hydroxyl groups is 1. The summed E-state index contributed by atoms with van der Waals surface area (Å²) in [7, 11) is -0.433. The number of rotatable bonds is 4. The largest absolute Gasteiger partial charge is 0.508 e. The van der Waals surface area contributed by atoms with E-state index in [2.05, 4.69) is 11.4 Å². The fourth-order valence-corrected chi connectivity index (χ4v) is 3.31. The molecule has 0 bridgehead atoms. The van der Waals surface area contributed by atoms with E-state index in [0.29, 0.717) is 6.04 Å². The highest BCUT2D eigenvalue weighted by Gasteiger charge is 2.51. The Bertz CT molecular complexity index is 551. The monoisotopic (exact) mass is 317 g/mol. The average molecular weight is 317 g/mol. The van der Waals surface area contributed by atoms with Crippen molar-refractivity contribution in [3.8, 4) is 5.75 Å². The van der Waals surface area contributed by atoms with E-state index in [1.165, 1.54) is 25.7 Å². The Labute approximate surface area is 139 Å². The normalized spacial score (nSPS) is 23.6. The van der Waals surface area contributed by atoms with Crippen LogP contribution in [0.15, 0.2) is 18.2 Å². The van der Waals surface area contributed by atoms with Crippen molar-refractivity contribution < 1.29 is 14.4 Å². The molecule has 1 aromatic carbocycles. The lowest BCUT2D eigenvalue weighted by Crippen LogP contribution is -2.41. The smallest absolute Gasteiger partial charge is 0.494 e. The molecule has 1 saturated carbocycles. The van der Waals surface area contributed by atoms with Crippen LogP contribution in [0, 0.1) is 0 Å². The summed E-state index contributed by atoms with van der Waals surface area (Å²) >= 11 is 0. The zero-order valence-corrected chi connectivity index (χ0v) is 14.7. The van der Waals surface area contributed by atoms with Crippen molar-refractivity contribution in [2.45, 2.75) is 77.2 Å². The van der Waals surface area contributed by atoms with Crippen LogP contribution < -0.4 is 10.8 Å². The lowest BCUT2D eigenvalue weighted by Gasteiger charge is -2.32. The van der Waals surface area contributed by atoms with Crippen molar-refractivity contribution in [3.63, 3.8) is 0 Å². The van der Waals surface area contributed by atoms with Crippen molar-refractivity contribution in [3.05, 3.63) is 23.8 Å². The van der Waals surface area contributed by atoms with Crippen LogP contribution >= 0.6 is 0 Å². The van der Waals surface area contributed by atoms with Gasteiger partial charge in [-0.15, -0.1) is 0 Å². The van der Waals surface area contributed by atoms with Crippen LogP contribution in [-0.2, 0) is 15.9 Å². The van der Waals surface area contributed by atoms with Gasteiger partial charge >= 0.3 is 7.12 Å². The Morgan fingerprint density at radius 3 is 2.30 bits per heavy atom. The van der Waals surface area contributed by atoms with Crippen LogP contribution in [0.5, 0.6) is 5.75 Å². The number of phenolic OH excluding ortho intramolecular Hbond substituents is 1. The minimum Gasteiger partial charge on any atom is -0.508 e. The first-order chi connectivity index (χ1) is 10.8. The molecule has 23 heavy (non-hydrogen) atoms. The predicted octanol–water partition coefficient (Wildman–Crippen LogP) is 2.72. The van der Waals surface area contributed by atoms with Crippen molar-refractivity contribution in [1.29, 1.82) is 0 Å². The molecule has 2 fully saturated rings. The molecule has 0 radical (unpaired) electrons. The number of phenols is 1. The van der Waals surface area contributed by atoms with Crippen LogP contribution in [0.25, 0.3) is 0 Å². The Kier molecular flexibility index (Phi) is 4.47. The molecule has 0 unspecified atom stereocenters. The highest BCUT2D eigenvalue weighted by atomic mass is 16.7. The molecular formula is C18H28BNO3. The number of benzene rings is 1. The molecule has 4 nitrogen and oxygen atoms in total. The Morgan fingerprint density at radius 1 is 1.09 bits per heavy atom. The molecule has 1 aliphatic carbocycles. The summed E-state index contributed by atoms with van der Waals surface area (Å²) in [6.07, 6.45) is 5.14. The third-order valence-corrected chi connectivity index (χ3v) is 5.48. The van der Waals surface area contributed by atoms with Crippen molar-refractivity contribution in [1.82, 2.24) is 5.32 Å². The maximum absolute atomic E-state index is 10.1.